The van der Waals surface area contributed by atoms with Gasteiger partial charge in [-0.05, 0) is 39.0 Å². The van der Waals surface area contributed by atoms with Crippen molar-refractivity contribution in [1.82, 2.24) is 4.90 Å². The Kier molecular flexibility index (Phi) is 5.29. The Morgan fingerprint density at radius 3 is 2.62 bits per heavy atom. The first kappa shape index (κ1) is 18.8. The molecule has 0 bridgehead atoms. The third-order valence-electron chi connectivity index (χ3n) is 4.80. The van der Waals surface area contributed by atoms with Crippen molar-refractivity contribution < 1.29 is 14.6 Å². The quantitative estimate of drug-likeness (QED) is 0.790. The van der Waals surface area contributed by atoms with Gasteiger partial charge in [0.1, 0.15) is 5.60 Å². The monoisotopic (exact) mass is 362 g/mol. The molecule has 1 atom stereocenters. The predicted molar refractivity (Wildman–Crippen MR) is 104 cm³/mol. The maximum atomic E-state index is 11.9. The first-order valence-corrected chi connectivity index (χ1v) is 9.23. The summed E-state index contributed by atoms with van der Waals surface area (Å²) in [7, 11) is 1.88. The zero-order chi connectivity index (χ0) is 18.9. The second-order valence-corrected chi connectivity index (χ2v) is 8.00. The molecule has 0 aromatic heterocycles. The molecule has 0 amide bonds. The van der Waals surface area contributed by atoms with E-state index in [1.54, 1.807) is 0 Å². The van der Waals surface area contributed by atoms with Crippen molar-refractivity contribution in [3.05, 3.63) is 18.2 Å². The number of nitrogens with zero attached hydrogens (tertiary/aromatic N) is 3. The van der Waals surface area contributed by atoms with Crippen LogP contribution in [0.25, 0.3) is 0 Å². The minimum absolute atomic E-state index is 0.132. The Balaban J connectivity index is 1.49. The molecule has 2 aliphatic heterocycles. The van der Waals surface area contributed by atoms with Crippen LogP contribution in [0.5, 0.6) is 0 Å². The summed E-state index contributed by atoms with van der Waals surface area (Å²) in [6.07, 6.45) is -0.227. The molecule has 1 aromatic carbocycles. The second kappa shape index (κ2) is 7.32. The van der Waals surface area contributed by atoms with Crippen molar-refractivity contribution in [1.29, 1.82) is 0 Å². The Morgan fingerprint density at radius 1 is 1.27 bits per heavy atom. The molecule has 7 heteroatoms. The topological polar surface area (TPSA) is 68.3 Å². The molecule has 0 saturated carbocycles. The van der Waals surface area contributed by atoms with E-state index in [-0.39, 0.29) is 5.97 Å². The van der Waals surface area contributed by atoms with Crippen LogP contribution in [0.2, 0.25) is 0 Å². The molecule has 3 rings (SSSR count). The van der Waals surface area contributed by atoms with Gasteiger partial charge in [0.05, 0.1) is 17.8 Å². The van der Waals surface area contributed by atoms with Gasteiger partial charge in [-0.25, -0.2) is 0 Å². The number of rotatable bonds is 4. The highest BCUT2D eigenvalue weighted by Crippen LogP contribution is 2.36. The zero-order valence-electron chi connectivity index (χ0n) is 16.2. The molecule has 1 aromatic rings. The number of piperazine rings is 1. The Hall–Kier alpha value is -1.99. The zero-order valence-corrected chi connectivity index (χ0v) is 16.2. The fourth-order valence-corrected chi connectivity index (χ4v) is 3.37. The average Bonchev–Trinajstić information content (AvgIpc) is 2.86. The van der Waals surface area contributed by atoms with E-state index in [1.165, 1.54) is 5.69 Å². The van der Waals surface area contributed by atoms with Crippen molar-refractivity contribution >= 4 is 23.0 Å². The summed E-state index contributed by atoms with van der Waals surface area (Å²) in [5.74, 6) is -0.132. The highest BCUT2D eigenvalue weighted by atomic mass is 16.6. The molecular weight excluding hydrogens is 332 g/mol. The van der Waals surface area contributed by atoms with Gasteiger partial charge in [-0.15, -0.1) is 0 Å². The number of aliphatic hydroxyl groups is 1. The molecule has 144 valence electrons. The van der Waals surface area contributed by atoms with Crippen molar-refractivity contribution in [2.75, 3.05) is 54.9 Å². The van der Waals surface area contributed by atoms with Gasteiger partial charge in [-0.3, -0.25) is 9.69 Å². The lowest BCUT2D eigenvalue weighted by Gasteiger charge is -2.36. The fraction of sp³-hybridized carbons (Fsp3) is 0.632. The number of benzene rings is 1. The number of anilines is 3. The largest absolute Gasteiger partial charge is 0.460 e. The number of carbonyl (C=O) groups is 1. The lowest BCUT2D eigenvalue weighted by molar-refractivity contribution is -0.155. The summed E-state index contributed by atoms with van der Waals surface area (Å²) in [6, 6.07) is 6.23. The van der Waals surface area contributed by atoms with E-state index in [4.69, 9.17) is 4.74 Å². The van der Waals surface area contributed by atoms with E-state index >= 15 is 0 Å². The minimum atomic E-state index is -0.662. The molecular formula is C19H30N4O3. The number of esters is 1. The van der Waals surface area contributed by atoms with E-state index in [0.717, 1.165) is 44.1 Å². The fourth-order valence-electron chi connectivity index (χ4n) is 3.37. The van der Waals surface area contributed by atoms with E-state index in [1.807, 2.05) is 38.8 Å². The van der Waals surface area contributed by atoms with Gasteiger partial charge in [-0.2, -0.15) is 0 Å². The Labute approximate surface area is 155 Å². The third-order valence-corrected chi connectivity index (χ3v) is 4.80. The van der Waals surface area contributed by atoms with Crippen LogP contribution < -0.4 is 15.1 Å². The second-order valence-electron chi connectivity index (χ2n) is 8.00. The molecule has 1 fully saturated rings. The highest BCUT2D eigenvalue weighted by Gasteiger charge is 2.25. The van der Waals surface area contributed by atoms with Gasteiger partial charge in [0, 0.05) is 45.5 Å². The number of nitrogens with one attached hydrogen (secondary N) is 1. The van der Waals surface area contributed by atoms with Crippen molar-refractivity contribution in [3.8, 4) is 0 Å². The standard InChI is InChI=1S/C19H30N4O3/c1-19(2,3)26-17(24)7-8-22-9-11-23(12-10-22)14-5-6-15-16(13-14)21(4)18(25)20-15/h5-6,13,18,20,25H,7-12H2,1-4H3. The van der Waals surface area contributed by atoms with Crippen LogP contribution in [0.4, 0.5) is 17.1 Å². The number of hydrogen-bond donors (Lipinski definition) is 2. The number of hydrogen-bond acceptors (Lipinski definition) is 7. The van der Waals surface area contributed by atoms with Crippen LogP contribution in [0.1, 0.15) is 27.2 Å². The summed E-state index contributed by atoms with van der Waals surface area (Å²) >= 11 is 0. The lowest BCUT2D eigenvalue weighted by Crippen LogP contribution is -2.47. The molecule has 1 unspecified atom stereocenters. The summed E-state index contributed by atoms with van der Waals surface area (Å²) in [4.78, 5) is 18.4. The molecule has 7 nitrogen and oxygen atoms in total. The summed E-state index contributed by atoms with van der Waals surface area (Å²) < 4.78 is 5.37. The maximum absolute atomic E-state index is 11.9. The van der Waals surface area contributed by atoms with Crippen LogP contribution in [-0.4, -0.2) is 67.7 Å². The third kappa shape index (κ3) is 4.40. The van der Waals surface area contributed by atoms with Crippen LogP contribution in [0, 0.1) is 0 Å². The lowest BCUT2D eigenvalue weighted by atomic mass is 10.2. The van der Waals surface area contributed by atoms with Crippen molar-refractivity contribution in [2.45, 2.75) is 39.1 Å². The smallest absolute Gasteiger partial charge is 0.307 e. The van der Waals surface area contributed by atoms with Crippen molar-refractivity contribution in [2.24, 2.45) is 0 Å². The van der Waals surface area contributed by atoms with Gasteiger partial charge in [-0.1, -0.05) is 0 Å². The van der Waals surface area contributed by atoms with Crippen LogP contribution in [-0.2, 0) is 9.53 Å². The highest BCUT2D eigenvalue weighted by molar-refractivity contribution is 5.79. The van der Waals surface area contributed by atoms with Gasteiger partial charge in [0.15, 0.2) is 0 Å². The molecule has 2 aliphatic rings. The Morgan fingerprint density at radius 2 is 1.96 bits per heavy atom. The van der Waals surface area contributed by atoms with Crippen molar-refractivity contribution in [3.63, 3.8) is 0 Å². The van der Waals surface area contributed by atoms with Crippen LogP contribution in [0.15, 0.2) is 18.2 Å². The molecule has 2 N–H and O–H groups in total. The van der Waals surface area contributed by atoms with Gasteiger partial charge >= 0.3 is 5.97 Å². The molecule has 0 aliphatic carbocycles. The van der Waals surface area contributed by atoms with E-state index in [2.05, 4.69) is 27.2 Å². The first-order chi connectivity index (χ1) is 12.2. The molecule has 0 spiro atoms. The normalized spacial score (nSPS) is 20.7. The van der Waals surface area contributed by atoms with Crippen LogP contribution in [0.3, 0.4) is 0 Å². The first-order valence-electron chi connectivity index (χ1n) is 9.23. The Bertz CT molecular complexity index is 651. The number of ether oxygens (including phenoxy) is 1. The summed E-state index contributed by atoms with van der Waals surface area (Å²) in [5, 5.41) is 12.9. The van der Waals surface area contributed by atoms with E-state index in [0.29, 0.717) is 6.42 Å². The van der Waals surface area contributed by atoms with Crippen LogP contribution >= 0.6 is 0 Å². The summed E-state index contributed by atoms with van der Waals surface area (Å²) in [5.41, 5.74) is 2.72. The maximum Gasteiger partial charge on any atom is 0.307 e. The SMILES string of the molecule is CN1c2cc(N3CCN(CCC(=O)OC(C)(C)C)CC3)ccc2NC1O. The van der Waals surface area contributed by atoms with Gasteiger partial charge < -0.3 is 25.0 Å². The molecule has 26 heavy (non-hydrogen) atoms. The summed E-state index contributed by atoms with van der Waals surface area (Å²) in [6.45, 7) is 10.1. The van der Waals surface area contributed by atoms with Gasteiger partial charge in [0.2, 0.25) is 6.35 Å². The number of aliphatic hydroxyl groups excluding tert-OH is 1. The molecule has 1 saturated heterocycles. The molecule has 0 radical (unpaired) electrons. The molecule has 2 heterocycles. The predicted octanol–water partition coefficient (Wildman–Crippen LogP) is 1.68. The number of fused-ring (bicyclic) bond motifs is 1. The number of carbonyl (C=O) groups excluding carboxylic acids is 1. The van der Waals surface area contributed by atoms with Gasteiger partial charge in [0.25, 0.3) is 0 Å². The van der Waals surface area contributed by atoms with E-state index in [9.17, 15) is 9.90 Å². The minimum Gasteiger partial charge on any atom is -0.460 e. The van der Waals surface area contributed by atoms with E-state index < -0.39 is 12.0 Å². The average molecular weight is 362 g/mol.